The molecule has 114 valence electrons. The Morgan fingerprint density at radius 1 is 1.50 bits per heavy atom. The van der Waals surface area contributed by atoms with Crippen LogP contribution >= 0.6 is 0 Å². The van der Waals surface area contributed by atoms with E-state index in [2.05, 4.69) is 15.0 Å². The fraction of sp³-hybridized carbons (Fsp3) is 0.769. The van der Waals surface area contributed by atoms with Crippen LogP contribution in [0.5, 0.6) is 0 Å². The fourth-order valence-electron chi connectivity index (χ4n) is 2.67. The summed E-state index contributed by atoms with van der Waals surface area (Å²) in [6.07, 6.45) is 3.62. The second kappa shape index (κ2) is 6.24. The molecule has 20 heavy (non-hydrogen) atoms. The summed E-state index contributed by atoms with van der Waals surface area (Å²) < 4.78 is 29.3. The molecule has 0 amide bonds. The first-order valence-corrected chi connectivity index (χ1v) is 8.69. The van der Waals surface area contributed by atoms with Gasteiger partial charge in [0.25, 0.3) is 10.0 Å². The molecule has 0 spiro atoms. The fourth-order valence-corrected chi connectivity index (χ4v) is 4.00. The predicted octanol–water partition coefficient (Wildman–Crippen LogP) is 0.878. The van der Waals surface area contributed by atoms with Gasteiger partial charge in [-0.2, -0.15) is 0 Å². The second-order valence-corrected chi connectivity index (χ2v) is 7.07. The van der Waals surface area contributed by atoms with Gasteiger partial charge in [-0.15, -0.1) is 0 Å². The number of rotatable bonds is 5. The Balaban J connectivity index is 2.09. The number of sulfonamides is 1. The molecule has 2 rings (SSSR count). The summed E-state index contributed by atoms with van der Waals surface area (Å²) in [5, 5.41) is 3.41. The highest BCUT2D eigenvalue weighted by Gasteiger charge is 2.26. The number of aryl methyl sites for hydroxylation is 2. The van der Waals surface area contributed by atoms with Gasteiger partial charge in [0.1, 0.15) is 5.82 Å². The maximum absolute atomic E-state index is 12.4. The number of imidazole rings is 1. The topological polar surface area (TPSA) is 76.0 Å². The highest BCUT2D eigenvalue weighted by molar-refractivity contribution is 7.89. The maximum Gasteiger partial charge on any atom is 0.259 e. The number of aromatic nitrogens is 2. The molecule has 1 fully saturated rings. The van der Waals surface area contributed by atoms with Gasteiger partial charge in [-0.25, -0.2) is 18.1 Å². The van der Waals surface area contributed by atoms with Crippen molar-refractivity contribution in [1.82, 2.24) is 19.6 Å². The summed E-state index contributed by atoms with van der Waals surface area (Å²) in [5.74, 6) is 1.11. The van der Waals surface area contributed by atoms with Crippen molar-refractivity contribution < 1.29 is 8.42 Å². The zero-order valence-electron chi connectivity index (χ0n) is 12.4. The van der Waals surface area contributed by atoms with Crippen LogP contribution in [0.4, 0.5) is 0 Å². The summed E-state index contributed by atoms with van der Waals surface area (Å²) in [6.45, 7) is 8.37. The van der Waals surface area contributed by atoms with E-state index in [1.807, 2.05) is 25.3 Å². The van der Waals surface area contributed by atoms with E-state index in [0.29, 0.717) is 5.92 Å². The van der Waals surface area contributed by atoms with Crippen LogP contribution in [0.3, 0.4) is 0 Å². The van der Waals surface area contributed by atoms with Gasteiger partial charge >= 0.3 is 0 Å². The number of nitrogens with zero attached hydrogens (tertiary/aromatic N) is 2. The molecule has 1 aromatic rings. The van der Waals surface area contributed by atoms with Crippen LogP contribution in [0.25, 0.3) is 0 Å². The SMILES string of the molecule is CCn1cc(S(=O)(=O)NC(C)C2CCNCC2)nc1C. The first kappa shape index (κ1) is 15.5. The van der Waals surface area contributed by atoms with Gasteiger partial charge in [0.2, 0.25) is 0 Å². The molecule has 7 heteroatoms. The molecule has 2 heterocycles. The van der Waals surface area contributed by atoms with Gasteiger partial charge < -0.3 is 9.88 Å². The molecule has 1 saturated heterocycles. The monoisotopic (exact) mass is 300 g/mol. The third-order valence-electron chi connectivity index (χ3n) is 4.00. The third kappa shape index (κ3) is 3.39. The summed E-state index contributed by atoms with van der Waals surface area (Å²) in [5.41, 5.74) is 0. The molecule has 0 saturated carbocycles. The molecular formula is C13H24N4O2S. The zero-order chi connectivity index (χ0) is 14.8. The molecule has 1 aromatic heterocycles. The van der Waals surface area contributed by atoms with E-state index < -0.39 is 10.0 Å². The van der Waals surface area contributed by atoms with Gasteiger partial charge in [-0.1, -0.05) is 0 Å². The lowest BCUT2D eigenvalue weighted by Gasteiger charge is -2.28. The molecule has 1 unspecified atom stereocenters. The minimum Gasteiger partial charge on any atom is -0.334 e. The Labute approximate surface area is 121 Å². The summed E-state index contributed by atoms with van der Waals surface area (Å²) in [4.78, 5) is 4.15. The Hall–Kier alpha value is -0.920. The molecule has 0 aliphatic carbocycles. The van der Waals surface area contributed by atoms with Crippen molar-refractivity contribution in [3.63, 3.8) is 0 Å². The van der Waals surface area contributed by atoms with Crippen LogP contribution in [-0.4, -0.2) is 37.1 Å². The number of hydrogen-bond donors (Lipinski definition) is 2. The molecule has 1 atom stereocenters. The summed E-state index contributed by atoms with van der Waals surface area (Å²) >= 11 is 0. The number of hydrogen-bond acceptors (Lipinski definition) is 4. The van der Waals surface area contributed by atoms with Crippen LogP contribution in [0.2, 0.25) is 0 Å². The molecule has 0 bridgehead atoms. The van der Waals surface area contributed by atoms with Crippen LogP contribution in [0, 0.1) is 12.8 Å². The standard InChI is InChI=1S/C13H24N4O2S/c1-4-17-9-13(15-11(17)3)20(18,19)16-10(2)12-5-7-14-8-6-12/h9-10,12,14,16H,4-8H2,1-3H3. The Kier molecular flexibility index (Phi) is 4.82. The highest BCUT2D eigenvalue weighted by atomic mass is 32.2. The molecule has 1 aliphatic heterocycles. The first-order valence-electron chi connectivity index (χ1n) is 7.21. The second-order valence-electron chi connectivity index (χ2n) is 5.41. The van der Waals surface area contributed by atoms with Gasteiger partial charge in [-0.3, -0.25) is 0 Å². The molecule has 6 nitrogen and oxygen atoms in total. The van der Waals surface area contributed by atoms with Crippen molar-refractivity contribution in [2.75, 3.05) is 13.1 Å². The van der Waals surface area contributed by atoms with Gasteiger partial charge in [-0.05, 0) is 52.6 Å². The van der Waals surface area contributed by atoms with Crippen molar-refractivity contribution in [1.29, 1.82) is 0 Å². The van der Waals surface area contributed by atoms with Crippen molar-refractivity contribution in [2.45, 2.75) is 51.2 Å². The highest BCUT2D eigenvalue weighted by Crippen LogP contribution is 2.18. The molecule has 2 N–H and O–H groups in total. The molecule has 0 radical (unpaired) electrons. The number of piperidine rings is 1. The largest absolute Gasteiger partial charge is 0.334 e. The van der Waals surface area contributed by atoms with Gasteiger partial charge in [0.15, 0.2) is 5.03 Å². The minimum absolute atomic E-state index is 0.0609. The molecular weight excluding hydrogens is 276 g/mol. The minimum atomic E-state index is -3.52. The molecule has 1 aliphatic rings. The van der Waals surface area contributed by atoms with Crippen molar-refractivity contribution in [2.24, 2.45) is 5.92 Å². The van der Waals surface area contributed by atoms with Crippen molar-refractivity contribution in [3.8, 4) is 0 Å². The van der Waals surface area contributed by atoms with Crippen molar-refractivity contribution >= 4 is 10.0 Å². The van der Waals surface area contributed by atoms with E-state index >= 15 is 0 Å². The first-order chi connectivity index (χ1) is 9.44. The average Bonchev–Trinajstić information content (AvgIpc) is 2.81. The Morgan fingerprint density at radius 3 is 2.70 bits per heavy atom. The van der Waals surface area contributed by atoms with Gasteiger partial charge in [0, 0.05) is 18.8 Å². The predicted molar refractivity (Wildman–Crippen MR) is 78.0 cm³/mol. The van der Waals surface area contributed by atoms with Crippen LogP contribution in [0.1, 0.15) is 32.5 Å². The van der Waals surface area contributed by atoms with E-state index in [9.17, 15) is 8.42 Å². The maximum atomic E-state index is 12.4. The normalized spacial score (nSPS) is 19.1. The quantitative estimate of drug-likeness (QED) is 0.846. The Morgan fingerprint density at radius 2 is 2.15 bits per heavy atom. The lowest BCUT2D eigenvalue weighted by Crippen LogP contribution is -2.42. The summed E-state index contributed by atoms with van der Waals surface area (Å²) in [6, 6.07) is -0.0609. The number of nitrogens with one attached hydrogen (secondary N) is 2. The van der Waals surface area contributed by atoms with Crippen LogP contribution in [0.15, 0.2) is 11.2 Å². The Bertz CT molecular complexity index is 547. The van der Waals surface area contributed by atoms with E-state index in [1.165, 1.54) is 0 Å². The van der Waals surface area contributed by atoms with Gasteiger partial charge in [0.05, 0.1) is 0 Å². The van der Waals surface area contributed by atoms with Crippen molar-refractivity contribution in [3.05, 3.63) is 12.0 Å². The van der Waals surface area contributed by atoms with E-state index in [1.54, 1.807) is 6.20 Å². The smallest absolute Gasteiger partial charge is 0.259 e. The summed E-state index contributed by atoms with van der Waals surface area (Å²) in [7, 11) is -3.52. The van der Waals surface area contributed by atoms with E-state index in [0.717, 1.165) is 38.3 Å². The average molecular weight is 300 g/mol. The zero-order valence-corrected chi connectivity index (χ0v) is 13.2. The van der Waals surface area contributed by atoms with Crippen LogP contribution in [-0.2, 0) is 16.6 Å². The lowest BCUT2D eigenvalue weighted by molar-refractivity contribution is 0.316. The van der Waals surface area contributed by atoms with E-state index in [-0.39, 0.29) is 11.1 Å². The molecule has 0 aromatic carbocycles. The lowest BCUT2D eigenvalue weighted by atomic mass is 9.92. The third-order valence-corrected chi connectivity index (χ3v) is 5.43. The van der Waals surface area contributed by atoms with E-state index in [4.69, 9.17) is 0 Å². The van der Waals surface area contributed by atoms with Crippen LogP contribution < -0.4 is 10.0 Å².